The SMILES string of the molecule is O=C(Nc1ccccc1)OCCCc1c[nH]c2ccc(Cl)cc12. The first-order chi connectivity index (χ1) is 11.2. The average molecular weight is 329 g/mol. The number of hydrogen-bond donors (Lipinski definition) is 2. The fraction of sp³-hybridized carbons (Fsp3) is 0.167. The number of carbonyl (C=O) groups excluding carboxylic acids is 1. The topological polar surface area (TPSA) is 54.1 Å². The Balaban J connectivity index is 1.47. The molecule has 2 aromatic carbocycles. The summed E-state index contributed by atoms with van der Waals surface area (Å²) in [6.07, 6.45) is 3.12. The number of para-hydroxylation sites is 1. The summed E-state index contributed by atoms with van der Waals surface area (Å²) in [5, 5.41) is 4.52. The minimum absolute atomic E-state index is 0.367. The van der Waals surface area contributed by atoms with E-state index in [9.17, 15) is 4.79 Å². The van der Waals surface area contributed by atoms with Gasteiger partial charge in [0.05, 0.1) is 6.61 Å². The van der Waals surface area contributed by atoms with Crippen molar-refractivity contribution in [1.82, 2.24) is 4.98 Å². The number of ether oxygens (including phenoxy) is 1. The maximum atomic E-state index is 11.7. The number of aromatic nitrogens is 1. The Labute approximate surface area is 139 Å². The molecular weight excluding hydrogens is 312 g/mol. The molecule has 0 aliphatic heterocycles. The number of H-pyrrole nitrogens is 1. The van der Waals surface area contributed by atoms with Gasteiger partial charge in [0.15, 0.2) is 0 Å². The summed E-state index contributed by atoms with van der Waals surface area (Å²) in [6, 6.07) is 15.0. The molecule has 0 bridgehead atoms. The minimum atomic E-state index is -0.432. The van der Waals surface area contributed by atoms with Crippen LogP contribution < -0.4 is 5.32 Å². The third kappa shape index (κ3) is 4.05. The van der Waals surface area contributed by atoms with Gasteiger partial charge in [0, 0.05) is 27.8 Å². The molecule has 3 rings (SSSR count). The van der Waals surface area contributed by atoms with Crippen molar-refractivity contribution in [2.45, 2.75) is 12.8 Å². The largest absolute Gasteiger partial charge is 0.449 e. The van der Waals surface area contributed by atoms with Gasteiger partial charge in [-0.25, -0.2) is 4.79 Å². The summed E-state index contributed by atoms with van der Waals surface area (Å²) < 4.78 is 5.19. The molecule has 0 saturated heterocycles. The van der Waals surface area contributed by atoms with Crippen LogP contribution in [0.25, 0.3) is 10.9 Å². The lowest BCUT2D eigenvalue weighted by Gasteiger charge is -2.06. The molecule has 1 heterocycles. The van der Waals surface area contributed by atoms with E-state index in [1.807, 2.05) is 54.7 Å². The fourth-order valence-electron chi connectivity index (χ4n) is 2.46. The third-order valence-electron chi connectivity index (χ3n) is 3.57. The molecule has 0 spiro atoms. The summed E-state index contributed by atoms with van der Waals surface area (Å²) in [5.41, 5.74) is 2.96. The van der Waals surface area contributed by atoms with Gasteiger partial charge in [-0.05, 0) is 48.7 Å². The number of benzene rings is 2. The number of halogens is 1. The Hall–Kier alpha value is -2.46. The molecule has 0 atom stereocenters. The Morgan fingerprint density at radius 1 is 1.17 bits per heavy atom. The van der Waals surface area contributed by atoms with Gasteiger partial charge in [-0.15, -0.1) is 0 Å². The molecule has 5 heteroatoms. The van der Waals surface area contributed by atoms with Crippen LogP contribution in [0.3, 0.4) is 0 Å². The molecule has 2 N–H and O–H groups in total. The lowest BCUT2D eigenvalue weighted by Crippen LogP contribution is -2.14. The highest BCUT2D eigenvalue weighted by atomic mass is 35.5. The summed E-state index contributed by atoms with van der Waals surface area (Å²) >= 11 is 6.04. The van der Waals surface area contributed by atoms with Crippen molar-refractivity contribution in [2.75, 3.05) is 11.9 Å². The second-order valence-corrected chi connectivity index (χ2v) is 5.67. The minimum Gasteiger partial charge on any atom is -0.449 e. The number of nitrogens with one attached hydrogen (secondary N) is 2. The van der Waals surface area contributed by atoms with Crippen molar-refractivity contribution in [3.05, 3.63) is 65.3 Å². The molecule has 23 heavy (non-hydrogen) atoms. The highest BCUT2D eigenvalue weighted by Gasteiger charge is 2.06. The Kier molecular flexibility index (Phi) is 4.83. The van der Waals surface area contributed by atoms with Gasteiger partial charge in [-0.1, -0.05) is 29.8 Å². The van der Waals surface area contributed by atoms with Gasteiger partial charge in [0.2, 0.25) is 0 Å². The van der Waals surface area contributed by atoms with Crippen LogP contribution >= 0.6 is 11.6 Å². The smallest absolute Gasteiger partial charge is 0.411 e. The van der Waals surface area contributed by atoms with Crippen LogP contribution in [-0.2, 0) is 11.2 Å². The van der Waals surface area contributed by atoms with E-state index >= 15 is 0 Å². The second kappa shape index (κ2) is 7.20. The van der Waals surface area contributed by atoms with Crippen molar-refractivity contribution in [3.63, 3.8) is 0 Å². The Morgan fingerprint density at radius 2 is 2.00 bits per heavy atom. The van der Waals surface area contributed by atoms with Gasteiger partial charge in [0.1, 0.15) is 0 Å². The zero-order chi connectivity index (χ0) is 16.1. The summed E-state index contributed by atoms with van der Waals surface area (Å²) in [5.74, 6) is 0. The lowest BCUT2D eigenvalue weighted by atomic mass is 10.1. The van der Waals surface area contributed by atoms with Gasteiger partial charge >= 0.3 is 6.09 Å². The van der Waals surface area contributed by atoms with E-state index in [0.29, 0.717) is 6.61 Å². The van der Waals surface area contributed by atoms with Crippen molar-refractivity contribution in [1.29, 1.82) is 0 Å². The standard InChI is InChI=1S/C18H17ClN2O2/c19-14-8-9-17-16(11-14)13(12-20-17)5-4-10-23-18(22)21-15-6-2-1-3-7-15/h1-3,6-9,11-12,20H,4-5,10H2,(H,21,22). The van der Waals surface area contributed by atoms with Crippen LogP contribution in [-0.4, -0.2) is 17.7 Å². The summed E-state index contributed by atoms with van der Waals surface area (Å²) in [4.78, 5) is 14.9. The summed E-state index contributed by atoms with van der Waals surface area (Å²) in [7, 11) is 0. The fourth-order valence-corrected chi connectivity index (χ4v) is 2.63. The Bertz CT molecular complexity index is 799. The first-order valence-corrected chi connectivity index (χ1v) is 7.84. The maximum absolute atomic E-state index is 11.7. The number of aromatic amines is 1. The van der Waals surface area contributed by atoms with E-state index in [1.165, 1.54) is 5.56 Å². The summed E-state index contributed by atoms with van der Waals surface area (Å²) in [6.45, 7) is 0.367. The molecule has 0 aliphatic rings. The van der Waals surface area contributed by atoms with Gasteiger partial charge in [0.25, 0.3) is 0 Å². The molecule has 1 amide bonds. The third-order valence-corrected chi connectivity index (χ3v) is 3.81. The van der Waals surface area contributed by atoms with Crippen molar-refractivity contribution < 1.29 is 9.53 Å². The molecular formula is C18H17ClN2O2. The molecule has 3 aromatic rings. The second-order valence-electron chi connectivity index (χ2n) is 5.23. The molecule has 0 aliphatic carbocycles. The normalized spacial score (nSPS) is 10.7. The first kappa shape index (κ1) is 15.4. The zero-order valence-electron chi connectivity index (χ0n) is 12.5. The van der Waals surface area contributed by atoms with E-state index in [1.54, 1.807) is 0 Å². The molecule has 118 valence electrons. The van der Waals surface area contributed by atoms with E-state index in [4.69, 9.17) is 16.3 Å². The molecule has 4 nitrogen and oxygen atoms in total. The highest BCUT2D eigenvalue weighted by molar-refractivity contribution is 6.31. The number of amides is 1. The zero-order valence-corrected chi connectivity index (χ0v) is 13.3. The molecule has 1 aromatic heterocycles. The number of anilines is 1. The van der Waals surface area contributed by atoms with Gasteiger partial charge in [-0.3, -0.25) is 5.32 Å². The van der Waals surface area contributed by atoms with E-state index in [-0.39, 0.29) is 0 Å². The van der Waals surface area contributed by atoms with Gasteiger partial charge < -0.3 is 9.72 Å². The quantitative estimate of drug-likeness (QED) is 0.647. The number of carbonyl (C=O) groups is 1. The predicted molar refractivity (Wildman–Crippen MR) is 93.0 cm³/mol. The Morgan fingerprint density at radius 3 is 2.83 bits per heavy atom. The number of fused-ring (bicyclic) bond motifs is 1. The van der Waals surface area contributed by atoms with Crippen LogP contribution in [0.15, 0.2) is 54.7 Å². The van der Waals surface area contributed by atoms with E-state index < -0.39 is 6.09 Å². The molecule has 0 fully saturated rings. The first-order valence-electron chi connectivity index (χ1n) is 7.47. The van der Waals surface area contributed by atoms with Crippen LogP contribution in [0.2, 0.25) is 5.02 Å². The van der Waals surface area contributed by atoms with Crippen molar-refractivity contribution >= 4 is 34.3 Å². The molecule has 0 saturated carbocycles. The number of hydrogen-bond acceptors (Lipinski definition) is 2. The predicted octanol–water partition coefficient (Wildman–Crippen LogP) is 5.00. The van der Waals surface area contributed by atoms with E-state index in [0.717, 1.165) is 34.5 Å². The molecule has 0 radical (unpaired) electrons. The van der Waals surface area contributed by atoms with Crippen LogP contribution in [0.4, 0.5) is 10.5 Å². The monoisotopic (exact) mass is 328 g/mol. The average Bonchev–Trinajstić information content (AvgIpc) is 2.95. The number of rotatable bonds is 5. The van der Waals surface area contributed by atoms with Crippen molar-refractivity contribution in [2.24, 2.45) is 0 Å². The van der Waals surface area contributed by atoms with Crippen LogP contribution in [0.1, 0.15) is 12.0 Å². The van der Waals surface area contributed by atoms with Crippen molar-refractivity contribution in [3.8, 4) is 0 Å². The van der Waals surface area contributed by atoms with Crippen LogP contribution in [0.5, 0.6) is 0 Å². The van der Waals surface area contributed by atoms with Gasteiger partial charge in [-0.2, -0.15) is 0 Å². The molecule has 0 unspecified atom stereocenters. The van der Waals surface area contributed by atoms with Crippen LogP contribution in [0, 0.1) is 0 Å². The van der Waals surface area contributed by atoms with E-state index in [2.05, 4.69) is 10.3 Å². The highest BCUT2D eigenvalue weighted by Crippen LogP contribution is 2.23. The number of aryl methyl sites for hydroxylation is 1. The lowest BCUT2D eigenvalue weighted by molar-refractivity contribution is 0.160. The maximum Gasteiger partial charge on any atom is 0.411 e.